The molecule has 1 amide bonds. The number of amides is 1. The topological polar surface area (TPSA) is 46.3 Å². The van der Waals surface area contributed by atoms with Crippen LogP contribution < -0.4 is 5.73 Å². The second-order valence-corrected chi connectivity index (χ2v) is 6.09. The standard InChI is InChI=1S/C15H30N2O/c1-4-13(10-16)9-15(18)17(11-12(2)3)14-7-5-6-8-14/h12-14H,4-11,16H2,1-3H3. The SMILES string of the molecule is CCC(CN)CC(=O)N(CC(C)C)C1CCCC1. The summed E-state index contributed by atoms with van der Waals surface area (Å²) in [6.45, 7) is 8.03. The molecule has 0 spiro atoms. The molecule has 106 valence electrons. The molecule has 2 N–H and O–H groups in total. The molecule has 0 aromatic rings. The van der Waals surface area contributed by atoms with E-state index in [-0.39, 0.29) is 0 Å². The number of hydrogen-bond acceptors (Lipinski definition) is 2. The fourth-order valence-electron chi connectivity index (χ4n) is 2.82. The van der Waals surface area contributed by atoms with E-state index in [9.17, 15) is 4.79 Å². The summed E-state index contributed by atoms with van der Waals surface area (Å²) in [4.78, 5) is 14.6. The first kappa shape index (κ1) is 15.5. The summed E-state index contributed by atoms with van der Waals surface area (Å²) in [5, 5.41) is 0. The Kier molecular flexibility index (Phi) is 6.69. The maximum atomic E-state index is 12.5. The molecule has 1 aliphatic carbocycles. The Hall–Kier alpha value is -0.570. The van der Waals surface area contributed by atoms with Crippen LogP contribution in [0.4, 0.5) is 0 Å². The Labute approximate surface area is 112 Å². The minimum atomic E-state index is 0.327. The molecule has 1 unspecified atom stereocenters. The van der Waals surface area contributed by atoms with Crippen LogP contribution >= 0.6 is 0 Å². The summed E-state index contributed by atoms with van der Waals surface area (Å²) in [5.41, 5.74) is 5.72. The minimum absolute atomic E-state index is 0.327. The minimum Gasteiger partial charge on any atom is -0.339 e. The summed E-state index contributed by atoms with van der Waals surface area (Å²) in [7, 11) is 0. The molecule has 1 aliphatic rings. The van der Waals surface area contributed by atoms with Crippen LogP contribution in [-0.2, 0) is 4.79 Å². The van der Waals surface area contributed by atoms with Crippen molar-refractivity contribution < 1.29 is 4.79 Å². The summed E-state index contributed by atoms with van der Waals surface area (Å²) >= 11 is 0. The number of carbonyl (C=O) groups excluding carboxylic acids is 1. The molecule has 0 aromatic heterocycles. The number of hydrogen-bond donors (Lipinski definition) is 1. The first-order valence-corrected chi connectivity index (χ1v) is 7.58. The van der Waals surface area contributed by atoms with Gasteiger partial charge in [-0.05, 0) is 31.2 Å². The molecule has 1 fully saturated rings. The number of rotatable bonds is 7. The van der Waals surface area contributed by atoms with E-state index in [1.807, 2.05) is 0 Å². The first-order valence-electron chi connectivity index (χ1n) is 7.58. The van der Waals surface area contributed by atoms with Gasteiger partial charge in [-0.2, -0.15) is 0 Å². The zero-order chi connectivity index (χ0) is 13.5. The molecule has 0 radical (unpaired) electrons. The molecule has 0 saturated heterocycles. The number of carbonyl (C=O) groups is 1. The van der Waals surface area contributed by atoms with Crippen LogP contribution in [0.15, 0.2) is 0 Å². The Morgan fingerprint density at radius 3 is 2.39 bits per heavy atom. The predicted octanol–water partition coefficient (Wildman–Crippen LogP) is 2.79. The molecular formula is C15H30N2O. The lowest BCUT2D eigenvalue weighted by Crippen LogP contribution is -2.42. The maximum Gasteiger partial charge on any atom is 0.223 e. The Balaban J connectivity index is 2.60. The third-order valence-corrected chi connectivity index (χ3v) is 4.02. The molecule has 0 bridgehead atoms. The Morgan fingerprint density at radius 1 is 1.33 bits per heavy atom. The van der Waals surface area contributed by atoms with Gasteiger partial charge in [-0.1, -0.05) is 40.0 Å². The van der Waals surface area contributed by atoms with Crippen molar-refractivity contribution in [1.82, 2.24) is 4.90 Å². The molecule has 0 aliphatic heterocycles. The number of nitrogens with two attached hydrogens (primary N) is 1. The average molecular weight is 254 g/mol. The summed E-state index contributed by atoms with van der Waals surface area (Å²) in [6.07, 6.45) is 6.58. The first-order chi connectivity index (χ1) is 8.58. The predicted molar refractivity (Wildman–Crippen MR) is 76.3 cm³/mol. The van der Waals surface area contributed by atoms with Crippen molar-refractivity contribution in [2.45, 2.75) is 65.3 Å². The zero-order valence-electron chi connectivity index (χ0n) is 12.3. The highest BCUT2D eigenvalue weighted by molar-refractivity contribution is 5.76. The van der Waals surface area contributed by atoms with Gasteiger partial charge >= 0.3 is 0 Å². The number of nitrogens with zero attached hydrogens (tertiary/aromatic N) is 1. The summed E-state index contributed by atoms with van der Waals surface area (Å²) in [5.74, 6) is 1.23. The van der Waals surface area contributed by atoms with Crippen molar-refractivity contribution in [3.8, 4) is 0 Å². The molecule has 1 rings (SSSR count). The van der Waals surface area contributed by atoms with Crippen molar-refractivity contribution in [2.24, 2.45) is 17.6 Å². The van der Waals surface area contributed by atoms with E-state index in [1.54, 1.807) is 0 Å². The van der Waals surface area contributed by atoms with Gasteiger partial charge in [0.1, 0.15) is 0 Å². The van der Waals surface area contributed by atoms with E-state index in [1.165, 1.54) is 25.7 Å². The molecule has 1 atom stereocenters. The quantitative estimate of drug-likeness (QED) is 0.759. The lowest BCUT2D eigenvalue weighted by Gasteiger charge is -2.31. The van der Waals surface area contributed by atoms with Crippen molar-refractivity contribution in [3.63, 3.8) is 0 Å². The van der Waals surface area contributed by atoms with Gasteiger partial charge in [-0.25, -0.2) is 0 Å². The van der Waals surface area contributed by atoms with Gasteiger partial charge in [0, 0.05) is 19.0 Å². The van der Waals surface area contributed by atoms with Crippen LogP contribution in [0.25, 0.3) is 0 Å². The van der Waals surface area contributed by atoms with Crippen LogP contribution in [0.2, 0.25) is 0 Å². The second-order valence-electron chi connectivity index (χ2n) is 6.09. The fraction of sp³-hybridized carbons (Fsp3) is 0.933. The second kappa shape index (κ2) is 7.78. The average Bonchev–Trinajstić information content (AvgIpc) is 2.86. The molecule has 3 nitrogen and oxygen atoms in total. The lowest BCUT2D eigenvalue weighted by molar-refractivity contribution is -0.135. The normalized spacial score (nSPS) is 18.3. The van der Waals surface area contributed by atoms with E-state index >= 15 is 0 Å². The Morgan fingerprint density at radius 2 is 1.94 bits per heavy atom. The fourth-order valence-corrected chi connectivity index (χ4v) is 2.82. The Bertz CT molecular complexity index is 243. The van der Waals surface area contributed by atoms with E-state index in [0.29, 0.717) is 36.8 Å². The monoisotopic (exact) mass is 254 g/mol. The largest absolute Gasteiger partial charge is 0.339 e. The molecule has 0 aromatic carbocycles. The van der Waals surface area contributed by atoms with Crippen LogP contribution in [0, 0.1) is 11.8 Å². The van der Waals surface area contributed by atoms with Crippen LogP contribution in [-0.4, -0.2) is 29.9 Å². The van der Waals surface area contributed by atoms with Gasteiger partial charge < -0.3 is 10.6 Å². The van der Waals surface area contributed by atoms with Crippen molar-refractivity contribution >= 4 is 5.91 Å². The van der Waals surface area contributed by atoms with Crippen molar-refractivity contribution in [1.29, 1.82) is 0 Å². The summed E-state index contributed by atoms with van der Waals surface area (Å²) in [6, 6.07) is 0.496. The molecular weight excluding hydrogens is 224 g/mol. The summed E-state index contributed by atoms with van der Waals surface area (Å²) < 4.78 is 0. The van der Waals surface area contributed by atoms with Crippen molar-refractivity contribution in [2.75, 3.05) is 13.1 Å². The highest BCUT2D eigenvalue weighted by Crippen LogP contribution is 2.25. The lowest BCUT2D eigenvalue weighted by atomic mass is 10.0. The van der Waals surface area contributed by atoms with Crippen LogP contribution in [0.5, 0.6) is 0 Å². The molecule has 0 heterocycles. The van der Waals surface area contributed by atoms with Crippen molar-refractivity contribution in [3.05, 3.63) is 0 Å². The van der Waals surface area contributed by atoms with Gasteiger partial charge in [0.15, 0.2) is 0 Å². The molecule has 1 saturated carbocycles. The molecule has 3 heteroatoms. The van der Waals surface area contributed by atoms with Gasteiger partial charge in [0.2, 0.25) is 5.91 Å². The van der Waals surface area contributed by atoms with Gasteiger partial charge in [0.05, 0.1) is 0 Å². The van der Waals surface area contributed by atoms with Crippen LogP contribution in [0.1, 0.15) is 59.3 Å². The van der Waals surface area contributed by atoms with E-state index in [4.69, 9.17) is 5.73 Å². The molecule has 18 heavy (non-hydrogen) atoms. The van der Waals surface area contributed by atoms with E-state index in [0.717, 1.165) is 13.0 Å². The maximum absolute atomic E-state index is 12.5. The van der Waals surface area contributed by atoms with E-state index < -0.39 is 0 Å². The smallest absolute Gasteiger partial charge is 0.223 e. The third-order valence-electron chi connectivity index (χ3n) is 4.02. The highest BCUT2D eigenvalue weighted by Gasteiger charge is 2.27. The highest BCUT2D eigenvalue weighted by atomic mass is 16.2. The zero-order valence-corrected chi connectivity index (χ0v) is 12.3. The van der Waals surface area contributed by atoms with E-state index in [2.05, 4.69) is 25.7 Å². The van der Waals surface area contributed by atoms with Gasteiger partial charge in [-0.15, -0.1) is 0 Å². The van der Waals surface area contributed by atoms with Gasteiger partial charge in [-0.3, -0.25) is 4.79 Å². The van der Waals surface area contributed by atoms with Gasteiger partial charge in [0.25, 0.3) is 0 Å². The van der Waals surface area contributed by atoms with Crippen LogP contribution in [0.3, 0.4) is 0 Å². The third kappa shape index (κ3) is 4.60.